The first kappa shape index (κ1) is 12.9. The number of hydrogen-bond acceptors (Lipinski definition) is 4. The van der Waals surface area contributed by atoms with Crippen LogP contribution in [0.4, 0.5) is 5.13 Å². The second-order valence-electron chi connectivity index (χ2n) is 5.59. The molecule has 2 heterocycles. The summed E-state index contributed by atoms with van der Waals surface area (Å²) in [5.41, 5.74) is 0. The number of carbonyl (C=O) groups excluding carboxylic acids is 1. The Labute approximate surface area is 118 Å². The van der Waals surface area contributed by atoms with Crippen molar-refractivity contribution in [2.45, 2.75) is 44.6 Å². The van der Waals surface area contributed by atoms with Crippen molar-refractivity contribution in [2.75, 3.05) is 18.0 Å². The number of hydrogen-bond donors (Lipinski definition) is 1. The van der Waals surface area contributed by atoms with Crippen LogP contribution in [0.5, 0.6) is 0 Å². The van der Waals surface area contributed by atoms with Crippen molar-refractivity contribution in [1.82, 2.24) is 10.3 Å². The van der Waals surface area contributed by atoms with E-state index in [4.69, 9.17) is 0 Å². The molecule has 1 saturated carbocycles. The third kappa shape index (κ3) is 3.08. The average molecular weight is 279 g/mol. The first-order chi connectivity index (χ1) is 9.33. The highest BCUT2D eigenvalue weighted by Gasteiger charge is 2.28. The summed E-state index contributed by atoms with van der Waals surface area (Å²) >= 11 is 1.67. The van der Waals surface area contributed by atoms with E-state index in [1.54, 1.807) is 11.3 Å². The van der Waals surface area contributed by atoms with Crippen molar-refractivity contribution >= 4 is 22.4 Å². The largest absolute Gasteiger partial charge is 0.351 e. The molecular formula is C14H21N3OS. The molecule has 0 radical (unpaired) electrons. The molecule has 0 unspecified atom stereocenters. The second-order valence-corrected chi connectivity index (χ2v) is 6.46. The average Bonchev–Trinajstić information content (AvgIpc) is 3.10. The van der Waals surface area contributed by atoms with Crippen LogP contribution in [0, 0.1) is 5.92 Å². The lowest BCUT2D eigenvalue weighted by Gasteiger charge is -2.23. The van der Waals surface area contributed by atoms with E-state index >= 15 is 0 Å². The van der Waals surface area contributed by atoms with Gasteiger partial charge in [-0.25, -0.2) is 4.98 Å². The topological polar surface area (TPSA) is 45.2 Å². The minimum atomic E-state index is 0.266. The molecule has 1 aliphatic heterocycles. The van der Waals surface area contributed by atoms with Crippen LogP contribution in [0.3, 0.4) is 0 Å². The van der Waals surface area contributed by atoms with E-state index in [1.807, 2.05) is 11.6 Å². The Kier molecular flexibility index (Phi) is 4.01. The minimum absolute atomic E-state index is 0.266. The molecule has 1 atom stereocenters. The summed E-state index contributed by atoms with van der Waals surface area (Å²) < 4.78 is 0. The lowest BCUT2D eigenvalue weighted by molar-refractivity contribution is -0.126. The van der Waals surface area contributed by atoms with Crippen LogP contribution in [0.2, 0.25) is 0 Å². The van der Waals surface area contributed by atoms with Gasteiger partial charge in [0.2, 0.25) is 5.91 Å². The van der Waals surface area contributed by atoms with Crippen molar-refractivity contribution in [3.63, 3.8) is 0 Å². The number of rotatable bonds is 3. The van der Waals surface area contributed by atoms with E-state index in [2.05, 4.69) is 15.2 Å². The molecule has 1 saturated heterocycles. The molecule has 3 rings (SSSR count). The van der Waals surface area contributed by atoms with Crippen molar-refractivity contribution in [3.05, 3.63) is 11.6 Å². The Bertz CT molecular complexity index is 414. The molecule has 0 aromatic carbocycles. The third-order valence-corrected chi connectivity index (χ3v) is 5.03. The maximum absolute atomic E-state index is 12.2. The van der Waals surface area contributed by atoms with Crippen LogP contribution in [0.1, 0.15) is 38.5 Å². The Morgan fingerprint density at radius 2 is 2.16 bits per heavy atom. The highest BCUT2D eigenvalue weighted by atomic mass is 32.1. The van der Waals surface area contributed by atoms with Gasteiger partial charge in [0.1, 0.15) is 0 Å². The third-order valence-electron chi connectivity index (χ3n) is 4.20. The fourth-order valence-electron chi connectivity index (χ4n) is 3.11. The highest BCUT2D eigenvalue weighted by Crippen LogP contribution is 2.25. The van der Waals surface area contributed by atoms with Gasteiger partial charge in [0.05, 0.1) is 0 Å². The van der Waals surface area contributed by atoms with E-state index < -0.39 is 0 Å². The molecule has 2 fully saturated rings. The van der Waals surface area contributed by atoms with Crippen LogP contribution in [0.15, 0.2) is 11.6 Å². The van der Waals surface area contributed by atoms with Gasteiger partial charge in [-0.05, 0) is 19.3 Å². The second kappa shape index (κ2) is 5.90. The standard InChI is InChI=1S/C14H21N3OS/c18-13(11-4-2-1-3-5-11)16-12-6-8-17(10-12)14-15-7-9-19-14/h7,9,11-12H,1-6,8,10H2,(H,16,18)/t12-/m0/s1. The summed E-state index contributed by atoms with van der Waals surface area (Å²) in [7, 11) is 0. The fourth-order valence-corrected chi connectivity index (χ4v) is 3.79. The van der Waals surface area contributed by atoms with Crippen molar-refractivity contribution in [1.29, 1.82) is 0 Å². The molecule has 0 bridgehead atoms. The number of anilines is 1. The van der Waals surface area contributed by atoms with Crippen molar-refractivity contribution in [3.8, 4) is 0 Å². The quantitative estimate of drug-likeness (QED) is 0.924. The molecular weight excluding hydrogens is 258 g/mol. The van der Waals surface area contributed by atoms with Gasteiger partial charge < -0.3 is 10.2 Å². The maximum Gasteiger partial charge on any atom is 0.223 e. The van der Waals surface area contributed by atoms with Crippen LogP contribution in [-0.2, 0) is 4.79 Å². The Morgan fingerprint density at radius 3 is 2.89 bits per heavy atom. The lowest BCUT2D eigenvalue weighted by atomic mass is 9.88. The molecule has 1 aromatic rings. The van der Waals surface area contributed by atoms with Gasteiger partial charge in [-0.1, -0.05) is 19.3 Å². The molecule has 1 amide bonds. The first-order valence-electron chi connectivity index (χ1n) is 7.28. The van der Waals surface area contributed by atoms with Crippen LogP contribution < -0.4 is 10.2 Å². The van der Waals surface area contributed by atoms with Gasteiger partial charge in [-0.15, -0.1) is 11.3 Å². The van der Waals surface area contributed by atoms with Gasteiger partial charge in [0.15, 0.2) is 5.13 Å². The van der Waals surface area contributed by atoms with E-state index in [1.165, 1.54) is 19.3 Å². The normalized spacial score (nSPS) is 24.6. The highest BCUT2D eigenvalue weighted by molar-refractivity contribution is 7.13. The Morgan fingerprint density at radius 1 is 1.32 bits per heavy atom. The minimum Gasteiger partial charge on any atom is -0.351 e. The van der Waals surface area contributed by atoms with E-state index in [0.29, 0.717) is 6.04 Å². The van der Waals surface area contributed by atoms with Gasteiger partial charge in [0, 0.05) is 36.6 Å². The Hall–Kier alpha value is -1.10. The zero-order chi connectivity index (χ0) is 13.1. The van der Waals surface area contributed by atoms with Crippen LogP contribution >= 0.6 is 11.3 Å². The van der Waals surface area contributed by atoms with Crippen molar-refractivity contribution < 1.29 is 4.79 Å². The van der Waals surface area contributed by atoms with E-state index in [0.717, 1.165) is 37.5 Å². The van der Waals surface area contributed by atoms with E-state index in [-0.39, 0.29) is 11.8 Å². The van der Waals surface area contributed by atoms with Crippen LogP contribution in [0.25, 0.3) is 0 Å². The summed E-state index contributed by atoms with van der Waals surface area (Å²) in [6.07, 6.45) is 8.77. The van der Waals surface area contributed by atoms with Gasteiger partial charge in [-0.3, -0.25) is 4.79 Å². The first-order valence-corrected chi connectivity index (χ1v) is 8.16. The molecule has 19 heavy (non-hydrogen) atoms. The number of aromatic nitrogens is 1. The molecule has 1 N–H and O–H groups in total. The van der Waals surface area contributed by atoms with E-state index in [9.17, 15) is 4.79 Å². The summed E-state index contributed by atoms with van der Waals surface area (Å²) in [5, 5.41) is 6.32. The molecule has 4 nitrogen and oxygen atoms in total. The summed E-state index contributed by atoms with van der Waals surface area (Å²) in [6.45, 7) is 1.91. The number of nitrogens with one attached hydrogen (secondary N) is 1. The molecule has 1 aliphatic carbocycles. The molecule has 0 spiro atoms. The number of carbonyl (C=O) groups is 1. The fraction of sp³-hybridized carbons (Fsp3) is 0.714. The smallest absolute Gasteiger partial charge is 0.223 e. The molecule has 1 aromatic heterocycles. The van der Waals surface area contributed by atoms with Crippen LogP contribution in [-0.4, -0.2) is 30.0 Å². The zero-order valence-corrected chi connectivity index (χ0v) is 12.0. The molecule has 5 heteroatoms. The predicted octanol–water partition coefficient (Wildman–Crippen LogP) is 2.42. The lowest BCUT2D eigenvalue weighted by Crippen LogP contribution is -2.41. The number of amides is 1. The van der Waals surface area contributed by atoms with Gasteiger partial charge >= 0.3 is 0 Å². The maximum atomic E-state index is 12.2. The summed E-state index contributed by atoms with van der Waals surface area (Å²) in [4.78, 5) is 18.8. The van der Waals surface area contributed by atoms with Crippen molar-refractivity contribution in [2.24, 2.45) is 5.92 Å². The molecule has 104 valence electrons. The molecule has 2 aliphatic rings. The number of thiazole rings is 1. The Balaban J connectivity index is 1.50. The van der Waals surface area contributed by atoms with Gasteiger partial charge in [-0.2, -0.15) is 0 Å². The monoisotopic (exact) mass is 279 g/mol. The zero-order valence-electron chi connectivity index (χ0n) is 11.2. The predicted molar refractivity (Wildman–Crippen MR) is 77.4 cm³/mol. The number of nitrogens with zero attached hydrogens (tertiary/aromatic N) is 2. The SMILES string of the molecule is O=C(N[C@H]1CCN(c2nccs2)C1)C1CCCCC1. The van der Waals surface area contributed by atoms with Gasteiger partial charge in [0.25, 0.3) is 0 Å². The summed E-state index contributed by atoms with van der Waals surface area (Å²) in [5.74, 6) is 0.549. The summed E-state index contributed by atoms with van der Waals surface area (Å²) in [6, 6.07) is 0.304.